The lowest BCUT2D eigenvalue weighted by atomic mass is 10.1. The summed E-state index contributed by atoms with van der Waals surface area (Å²) >= 11 is 0. The van der Waals surface area contributed by atoms with Gasteiger partial charge in [-0.15, -0.1) is 0 Å². The minimum atomic E-state index is -0.926. The molecule has 24 heavy (non-hydrogen) atoms. The molecular weight excluding hydrogens is 312 g/mol. The van der Waals surface area contributed by atoms with Crippen LogP contribution in [-0.4, -0.2) is 43.9 Å². The molecule has 0 saturated carbocycles. The van der Waals surface area contributed by atoms with Gasteiger partial charge in [0.15, 0.2) is 0 Å². The molecule has 0 fully saturated rings. The van der Waals surface area contributed by atoms with Crippen LogP contribution in [0, 0.1) is 11.3 Å². The van der Waals surface area contributed by atoms with Crippen LogP contribution in [0.4, 0.5) is 0 Å². The van der Waals surface area contributed by atoms with Gasteiger partial charge in [-0.2, -0.15) is 5.26 Å². The molecule has 0 bridgehead atoms. The summed E-state index contributed by atoms with van der Waals surface area (Å²) in [6.45, 7) is 1.05. The number of nitriles is 1. The smallest absolute Gasteiger partial charge is 0.306 e. The van der Waals surface area contributed by atoms with Crippen LogP contribution in [0.3, 0.4) is 0 Å². The summed E-state index contributed by atoms with van der Waals surface area (Å²) in [5.41, 5.74) is 0.677. The summed E-state index contributed by atoms with van der Waals surface area (Å²) in [5, 5.41) is 20.3. The van der Waals surface area contributed by atoms with Crippen molar-refractivity contribution in [1.29, 1.82) is 5.26 Å². The van der Waals surface area contributed by atoms with E-state index in [9.17, 15) is 9.59 Å². The second-order valence-electron chi connectivity index (χ2n) is 4.83. The van der Waals surface area contributed by atoms with E-state index in [1.54, 1.807) is 31.4 Å². The zero-order valence-corrected chi connectivity index (χ0v) is 13.4. The first kappa shape index (κ1) is 19.2. The van der Waals surface area contributed by atoms with E-state index >= 15 is 0 Å². The van der Waals surface area contributed by atoms with Gasteiger partial charge in [-0.3, -0.25) is 9.59 Å². The third kappa shape index (κ3) is 7.42. The molecule has 128 valence electrons. The largest absolute Gasteiger partial charge is 0.493 e. The van der Waals surface area contributed by atoms with Crippen LogP contribution in [-0.2, 0) is 14.3 Å². The number of aliphatic carboxylic acids is 1. The number of rotatable bonds is 10. The first-order chi connectivity index (χ1) is 11.6. The average Bonchev–Trinajstić information content (AvgIpc) is 2.57. The number of hydrogen-bond acceptors (Lipinski definition) is 5. The summed E-state index contributed by atoms with van der Waals surface area (Å²) in [6.07, 6.45) is 2.07. The Balaban J connectivity index is 2.60. The molecule has 1 aromatic rings. The average molecular weight is 332 g/mol. The highest BCUT2D eigenvalue weighted by Gasteiger charge is 2.08. The zero-order valence-electron chi connectivity index (χ0n) is 13.4. The molecule has 0 aliphatic carbocycles. The first-order valence-corrected chi connectivity index (χ1v) is 7.40. The molecule has 1 amide bonds. The Bertz CT molecular complexity index is 617. The van der Waals surface area contributed by atoms with Crippen LogP contribution in [0.1, 0.15) is 18.4 Å². The Morgan fingerprint density at radius 2 is 2.00 bits per heavy atom. The van der Waals surface area contributed by atoms with Crippen molar-refractivity contribution in [2.75, 3.05) is 26.9 Å². The van der Waals surface area contributed by atoms with E-state index in [4.69, 9.17) is 19.8 Å². The maximum absolute atomic E-state index is 11.9. The van der Waals surface area contributed by atoms with Crippen molar-refractivity contribution in [3.63, 3.8) is 0 Å². The highest BCUT2D eigenvalue weighted by atomic mass is 16.5. The molecule has 0 radical (unpaired) electrons. The van der Waals surface area contributed by atoms with Crippen molar-refractivity contribution in [3.8, 4) is 11.8 Å². The molecular formula is C17H20N2O5. The fraction of sp³-hybridized carbons (Fsp3) is 0.353. The molecule has 1 aromatic carbocycles. The normalized spacial score (nSPS) is 10.8. The number of hydrogen-bond donors (Lipinski definition) is 2. The van der Waals surface area contributed by atoms with Crippen molar-refractivity contribution < 1.29 is 24.2 Å². The molecule has 0 heterocycles. The maximum Gasteiger partial charge on any atom is 0.306 e. The highest BCUT2D eigenvalue weighted by molar-refractivity contribution is 6.01. The van der Waals surface area contributed by atoms with Crippen molar-refractivity contribution in [3.05, 3.63) is 35.4 Å². The standard InChI is InChI=1S/C17H20N2O5/c1-23-9-2-8-19-17(22)14(12-18)11-13-3-5-15(6-4-13)24-10-7-16(20)21/h3-6,11H,2,7-10H2,1H3,(H,19,22)(H,20,21)/b14-11+. The predicted molar refractivity (Wildman–Crippen MR) is 87.3 cm³/mol. The van der Waals surface area contributed by atoms with Gasteiger partial charge in [-0.05, 0) is 30.2 Å². The van der Waals surface area contributed by atoms with Gasteiger partial charge in [-0.1, -0.05) is 12.1 Å². The van der Waals surface area contributed by atoms with Crippen LogP contribution in [0.15, 0.2) is 29.8 Å². The molecule has 2 N–H and O–H groups in total. The second kappa shape index (κ2) is 10.8. The molecule has 0 aliphatic heterocycles. The lowest BCUT2D eigenvalue weighted by Gasteiger charge is -2.05. The highest BCUT2D eigenvalue weighted by Crippen LogP contribution is 2.15. The number of ether oxygens (including phenoxy) is 2. The Labute approximate surface area is 140 Å². The van der Waals surface area contributed by atoms with Gasteiger partial charge in [0.2, 0.25) is 0 Å². The summed E-state index contributed by atoms with van der Waals surface area (Å²) in [5.74, 6) is -0.837. The Hall–Kier alpha value is -2.85. The number of benzene rings is 1. The minimum Gasteiger partial charge on any atom is -0.493 e. The summed E-state index contributed by atoms with van der Waals surface area (Å²) in [7, 11) is 1.58. The van der Waals surface area contributed by atoms with E-state index < -0.39 is 11.9 Å². The summed E-state index contributed by atoms with van der Waals surface area (Å²) in [4.78, 5) is 22.3. The Morgan fingerprint density at radius 3 is 2.58 bits per heavy atom. The van der Waals surface area contributed by atoms with Crippen LogP contribution in [0.5, 0.6) is 5.75 Å². The van der Waals surface area contributed by atoms with Gasteiger partial charge in [0, 0.05) is 20.3 Å². The molecule has 7 heteroatoms. The van der Waals surface area contributed by atoms with E-state index in [2.05, 4.69) is 5.32 Å². The van der Waals surface area contributed by atoms with E-state index in [1.165, 1.54) is 6.08 Å². The van der Waals surface area contributed by atoms with E-state index in [0.717, 1.165) is 0 Å². The topological polar surface area (TPSA) is 109 Å². The fourth-order valence-corrected chi connectivity index (χ4v) is 1.75. The van der Waals surface area contributed by atoms with Gasteiger partial charge in [0.05, 0.1) is 13.0 Å². The summed E-state index contributed by atoms with van der Waals surface area (Å²) in [6, 6.07) is 8.55. The maximum atomic E-state index is 11.9. The molecule has 0 atom stereocenters. The molecule has 1 rings (SSSR count). The van der Waals surface area contributed by atoms with E-state index in [0.29, 0.717) is 30.9 Å². The Morgan fingerprint density at radius 1 is 1.29 bits per heavy atom. The Kier molecular flexibility index (Phi) is 8.64. The number of nitrogens with zero attached hydrogens (tertiary/aromatic N) is 1. The van der Waals surface area contributed by atoms with Crippen molar-refractivity contribution in [2.24, 2.45) is 0 Å². The predicted octanol–water partition coefficient (Wildman–Crippen LogP) is 1.60. The molecule has 7 nitrogen and oxygen atoms in total. The molecule has 0 saturated heterocycles. The summed E-state index contributed by atoms with van der Waals surface area (Å²) < 4.78 is 10.2. The number of methoxy groups -OCH3 is 1. The number of carboxylic acid groups (broad SMARTS) is 1. The molecule has 0 aliphatic rings. The molecule has 0 aromatic heterocycles. The third-order valence-corrected chi connectivity index (χ3v) is 2.95. The first-order valence-electron chi connectivity index (χ1n) is 7.40. The van der Waals surface area contributed by atoms with Gasteiger partial charge >= 0.3 is 5.97 Å². The van der Waals surface area contributed by atoms with Gasteiger partial charge in [0.25, 0.3) is 5.91 Å². The van der Waals surface area contributed by atoms with Crippen LogP contribution in [0.2, 0.25) is 0 Å². The number of nitrogens with one attached hydrogen (secondary N) is 1. The monoisotopic (exact) mass is 332 g/mol. The fourth-order valence-electron chi connectivity index (χ4n) is 1.75. The van der Waals surface area contributed by atoms with Crippen molar-refractivity contribution in [1.82, 2.24) is 5.32 Å². The number of amides is 1. The third-order valence-electron chi connectivity index (χ3n) is 2.95. The number of carbonyl (C=O) groups is 2. The van der Waals surface area contributed by atoms with Crippen molar-refractivity contribution >= 4 is 18.0 Å². The molecule has 0 spiro atoms. The number of carboxylic acids is 1. The lowest BCUT2D eigenvalue weighted by molar-refractivity contribution is -0.137. The van der Waals surface area contributed by atoms with Gasteiger partial charge in [-0.25, -0.2) is 0 Å². The van der Waals surface area contributed by atoms with E-state index in [-0.39, 0.29) is 18.6 Å². The van der Waals surface area contributed by atoms with E-state index in [1.807, 2.05) is 6.07 Å². The van der Waals surface area contributed by atoms with Gasteiger partial charge in [0.1, 0.15) is 17.4 Å². The minimum absolute atomic E-state index is 0.00645. The SMILES string of the molecule is COCCCNC(=O)/C(C#N)=C/c1ccc(OCCC(=O)O)cc1. The second-order valence-corrected chi connectivity index (χ2v) is 4.83. The van der Waals surface area contributed by atoms with Crippen LogP contribution < -0.4 is 10.1 Å². The lowest BCUT2D eigenvalue weighted by Crippen LogP contribution is -2.26. The quantitative estimate of drug-likeness (QED) is 0.383. The van der Waals surface area contributed by atoms with Gasteiger partial charge < -0.3 is 19.9 Å². The van der Waals surface area contributed by atoms with Crippen LogP contribution >= 0.6 is 0 Å². The van der Waals surface area contributed by atoms with Crippen LogP contribution in [0.25, 0.3) is 6.08 Å². The number of carbonyl (C=O) groups excluding carboxylic acids is 1. The zero-order chi connectivity index (χ0) is 17.8. The van der Waals surface area contributed by atoms with Crippen molar-refractivity contribution in [2.45, 2.75) is 12.8 Å². The molecule has 0 unspecified atom stereocenters.